The highest BCUT2D eigenvalue weighted by Gasteiger charge is 2.30. The van der Waals surface area contributed by atoms with Gasteiger partial charge in [0.2, 0.25) is 17.7 Å². The molecule has 9 heteroatoms. The molecule has 1 saturated heterocycles. The van der Waals surface area contributed by atoms with Crippen molar-refractivity contribution in [3.05, 3.63) is 24.3 Å². The predicted octanol–water partition coefficient (Wildman–Crippen LogP) is 0.797. The highest BCUT2D eigenvalue weighted by molar-refractivity contribution is 8.00. The van der Waals surface area contributed by atoms with Crippen LogP contribution in [0.25, 0.3) is 0 Å². The number of carbonyl (C=O) groups excluding carboxylic acids is 3. The predicted molar refractivity (Wildman–Crippen MR) is 103 cm³/mol. The van der Waals surface area contributed by atoms with Crippen molar-refractivity contribution in [1.82, 2.24) is 16.0 Å². The van der Waals surface area contributed by atoms with Gasteiger partial charge in [-0.25, -0.2) is 0 Å². The fourth-order valence-corrected chi connectivity index (χ4v) is 3.65. The van der Waals surface area contributed by atoms with Crippen molar-refractivity contribution in [2.24, 2.45) is 0 Å². The quantitative estimate of drug-likeness (QED) is 0.521. The first-order valence-electron chi connectivity index (χ1n) is 8.92. The normalized spacial score (nSPS) is 21.9. The van der Waals surface area contributed by atoms with Gasteiger partial charge in [0.05, 0.1) is 12.9 Å². The molecule has 1 aromatic rings. The molecular formula is C18H24N4O4S. The van der Waals surface area contributed by atoms with Crippen LogP contribution in [0.5, 0.6) is 5.75 Å². The molecule has 2 unspecified atom stereocenters. The highest BCUT2D eigenvalue weighted by atomic mass is 32.2. The number of hydrogen-bond donors (Lipinski definition) is 4. The van der Waals surface area contributed by atoms with Crippen LogP contribution in [-0.4, -0.2) is 48.2 Å². The third-order valence-corrected chi connectivity index (χ3v) is 5.24. The van der Waals surface area contributed by atoms with Crippen molar-refractivity contribution in [3.8, 4) is 5.75 Å². The van der Waals surface area contributed by atoms with Gasteiger partial charge in [0.15, 0.2) is 0 Å². The molecule has 1 heterocycles. The lowest BCUT2D eigenvalue weighted by Gasteiger charge is -2.30. The number of ether oxygens (including phenoxy) is 1. The molecule has 1 aliphatic heterocycles. The number of methoxy groups -OCH3 is 1. The number of rotatable bonds is 8. The number of amides is 3. The van der Waals surface area contributed by atoms with Crippen LogP contribution in [0.2, 0.25) is 0 Å². The van der Waals surface area contributed by atoms with Crippen molar-refractivity contribution in [2.75, 3.05) is 18.2 Å². The van der Waals surface area contributed by atoms with Crippen LogP contribution < -0.4 is 26.0 Å². The van der Waals surface area contributed by atoms with E-state index in [1.165, 1.54) is 11.8 Å². The molecule has 2 aliphatic rings. The van der Waals surface area contributed by atoms with E-state index in [1.54, 1.807) is 31.4 Å². The van der Waals surface area contributed by atoms with Gasteiger partial charge in [-0.05, 0) is 25.0 Å². The van der Waals surface area contributed by atoms with Gasteiger partial charge in [0, 0.05) is 36.7 Å². The summed E-state index contributed by atoms with van der Waals surface area (Å²) in [6.45, 7) is 0. The zero-order valence-electron chi connectivity index (χ0n) is 15.1. The molecule has 8 nitrogen and oxygen atoms in total. The topological polar surface area (TPSA) is 109 Å². The first kappa shape index (κ1) is 19.5. The first-order valence-corrected chi connectivity index (χ1v) is 9.97. The first-order chi connectivity index (χ1) is 13.0. The van der Waals surface area contributed by atoms with Crippen LogP contribution in [0.15, 0.2) is 24.3 Å². The summed E-state index contributed by atoms with van der Waals surface area (Å²) in [5.74, 6) is 0.482. The lowest BCUT2D eigenvalue weighted by Crippen LogP contribution is -2.56. The van der Waals surface area contributed by atoms with E-state index in [0.717, 1.165) is 12.8 Å². The average Bonchev–Trinajstić information content (AvgIpc) is 3.43. The van der Waals surface area contributed by atoms with Gasteiger partial charge in [-0.15, -0.1) is 11.8 Å². The minimum absolute atomic E-state index is 0.0378. The molecule has 2 atom stereocenters. The molecule has 0 aromatic heterocycles. The Labute approximate surface area is 162 Å². The molecule has 3 rings (SSSR count). The van der Waals surface area contributed by atoms with Gasteiger partial charge in [-0.1, -0.05) is 6.07 Å². The minimum atomic E-state index is -0.402. The van der Waals surface area contributed by atoms with Crippen LogP contribution in [-0.2, 0) is 14.4 Å². The number of benzene rings is 1. The van der Waals surface area contributed by atoms with Crippen molar-refractivity contribution in [3.63, 3.8) is 0 Å². The molecular weight excluding hydrogens is 368 g/mol. The molecule has 0 spiro atoms. The van der Waals surface area contributed by atoms with Crippen molar-refractivity contribution in [1.29, 1.82) is 0 Å². The molecule has 0 bridgehead atoms. The fourth-order valence-electron chi connectivity index (χ4n) is 2.76. The van der Waals surface area contributed by atoms with Crippen LogP contribution in [0.1, 0.15) is 25.7 Å². The summed E-state index contributed by atoms with van der Waals surface area (Å²) in [5, 5.41) is 11.7. The Morgan fingerprint density at radius 1 is 1.30 bits per heavy atom. The van der Waals surface area contributed by atoms with Crippen LogP contribution >= 0.6 is 11.8 Å². The summed E-state index contributed by atoms with van der Waals surface area (Å²) in [7, 11) is 1.57. The number of anilines is 1. The molecule has 1 saturated carbocycles. The van der Waals surface area contributed by atoms with E-state index >= 15 is 0 Å². The fraction of sp³-hybridized carbons (Fsp3) is 0.500. The van der Waals surface area contributed by atoms with Crippen LogP contribution in [0.3, 0.4) is 0 Å². The monoisotopic (exact) mass is 392 g/mol. The Balaban J connectivity index is 1.43. The van der Waals surface area contributed by atoms with E-state index < -0.39 is 5.50 Å². The molecule has 146 valence electrons. The SMILES string of the molecule is COc1cccc(NC(=O)CSC2NC(=O)CC(CC(=O)NC3CC3)N2)c1. The molecule has 2 fully saturated rings. The molecule has 4 N–H and O–H groups in total. The van der Waals surface area contributed by atoms with Crippen LogP contribution in [0, 0.1) is 0 Å². The van der Waals surface area contributed by atoms with Gasteiger partial charge >= 0.3 is 0 Å². The second-order valence-electron chi connectivity index (χ2n) is 6.65. The molecule has 1 aromatic carbocycles. The zero-order chi connectivity index (χ0) is 19.2. The van der Waals surface area contributed by atoms with E-state index in [-0.39, 0.29) is 42.4 Å². The average molecular weight is 392 g/mol. The summed E-state index contributed by atoms with van der Waals surface area (Å²) >= 11 is 1.28. The number of nitrogens with one attached hydrogen (secondary N) is 4. The maximum Gasteiger partial charge on any atom is 0.234 e. The van der Waals surface area contributed by atoms with Gasteiger partial charge in [0.1, 0.15) is 11.2 Å². The third-order valence-electron chi connectivity index (χ3n) is 4.22. The Hall–Kier alpha value is -2.26. The Bertz CT molecular complexity index is 710. The van der Waals surface area contributed by atoms with E-state index in [9.17, 15) is 14.4 Å². The van der Waals surface area contributed by atoms with Gasteiger partial charge < -0.3 is 20.7 Å². The summed E-state index contributed by atoms with van der Waals surface area (Å²) in [6, 6.07) is 7.18. The van der Waals surface area contributed by atoms with Crippen LogP contribution in [0.4, 0.5) is 5.69 Å². The van der Waals surface area contributed by atoms with Gasteiger partial charge in [-0.3, -0.25) is 19.7 Å². The lowest BCUT2D eigenvalue weighted by atomic mass is 10.1. The summed E-state index contributed by atoms with van der Waals surface area (Å²) in [4.78, 5) is 36.0. The largest absolute Gasteiger partial charge is 0.497 e. The third kappa shape index (κ3) is 6.44. The van der Waals surface area contributed by atoms with E-state index in [0.29, 0.717) is 17.5 Å². The van der Waals surface area contributed by atoms with E-state index in [1.807, 2.05) is 0 Å². The number of thioether (sulfide) groups is 1. The Morgan fingerprint density at radius 3 is 2.85 bits per heavy atom. The molecule has 27 heavy (non-hydrogen) atoms. The summed E-state index contributed by atoms with van der Waals surface area (Å²) in [5.41, 5.74) is 0.247. The Kier molecular flexibility index (Phi) is 6.57. The standard InChI is InChI=1S/C18H24N4O4S/c1-26-14-4-2-3-12(7-14)20-17(25)10-27-18-21-13(9-16(24)22-18)8-15(23)19-11-5-6-11/h2-4,7,11,13,18,21H,5-6,8-10H2,1H3,(H,19,23)(H,20,25)(H,22,24). The van der Waals surface area contributed by atoms with Crippen molar-refractivity contribution >= 4 is 35.2 Å². The molecule has 0 radical (unpaired) electrons. The van der Waals surface area contributed by atoms with Crippen molar-refractivity contribution in [2.45, 2.75) is 43.3 Å². The highest BCUT2D eigenvalue weighted by Crippen LogP contribution is 2.20. The lowest BCUT2D eigenvalue weighted by molar-refractivity contribution is -0.125. The minimum Gasteiger partial charge on any atom is -0.497 e. The van der Waals surface area contributed by atoms with E-state index in [2.05, 4.69) is 21.3 Å². The summed E-state index contributed by atoms with van der Waals surface area (Å²) < 4.78 is 5.13. The number of hydrogen-bond acceptors (Lipinski definition) is 6. The van der Waals surface area contributed by atoms with Gasteiger partial charge in [0.25, 0.3) is 0 Å². The van der Waals surface area contributed by atoms with Crippen molar-refractivity contribution < 1.29 is 19.1 Å². The second kappa shape index (κ2) is 9.09. The van der Waals surface area contributed by atoms with E-state index in [4.69, 9.17) is 4.74 Å². The second-order valence-corrected chi connectivity index (χ2v) is 7.75. The summed E-state index contributed by atoms with van der Waals surface area (Å²) in [6.07, 6.45) is 2.58. The zero-order valence-corrected chi connectivity index (χ0v) is 15.9. The van der Waals surface area contributed by atoms with Gasteiger partial charge in [-0.2, -0.15) is 0 Å². The maximum absolute atomic E-state index is 12.1. The molecule has 3 amide bonds. The smallest absolute Gasteiger partial charge is 0.234 e. The number of carbonyl (C=O) groups is 3. The molecule has 1 aliphatic carbocycles. The Morgan fingerprint density at radius 2 is 2.11 bits per heavy atom. The maximum atomic E-state index is 12.1.